The summed E-state index contributed by atoms with van der Waals surface area (Å²) in [4.78, 5) is 10.4. The molecule has 2 aromatic rings. The molecule has 0 atom stereocenters. The highest BCUT2D eigenvalue weighted by Crippen LogP contribution is 2.25. The molecule has 1 heterocycles. The summed E-state index contributed by atoms with van der Waals surface area (Å²) in [6, 6.07) is 4.46. The zero-order valence-corrected chi connectivity index (χ0v) is 11.8. The highest BCUT2D eigenvalue weighted by atomic mass is 16.6. The van der Waals surface area contributed by atoms with E-state index in [1.54, 1.807) is 13.1 Å². The van der Waals surface area contributed by atoms with Gasteiger partial charge in [-0.25, -0.2) is 0 Å². The third kappa shape index (κ3) is 3.76. The number of rotatable bonds is 7. The highest BCUT2D eigenvalue weighted by molar-refractivity contribution is 5.43. The molecule has 0 fully saturated rings. The standard InChI is InChI=1S/C13H16N4O4/c1-3-12-15-16-13(21-12)8-20-11-5-4-10(17(18)19)6-9(11)7-14-2/h4-6,14H,3,7-8H2,1-2H3. The Kier molecular flexibility index (Phi) is 4.83. The van der Waals surface area contributed by atoms with Gasteiger partial charge in [-0.3, -0.25) is 10.1 Å². The molecule has 2 rings (SSSR count). The first kappa shape index (κ1) is 14.9. The summed E-state index contributed by atoms with van der Waals surface area (Å²) in [5.74, 6) is 1.47. The molecule has 1 aromatic carbocycles. The molecule has 0 aliphatic carbocycles. The van der Waals surface area contributed by atoms with Crippen molar-refractivity contribution in [1.29, 1.82) is 0 Å². The molecule has 0 bridgehead atoms. The number of nitro groups is 1. The van der Waals surface area contributed by atoms with Crippen LogP contribution in [0.25, 0.3) is 0 Å². The summed E-state index contributed by atoms with van der Waals surface area (Å²) in [6.45, 7) is 2.50. The van der Waals surface area contributed by atoms with Crippen LogP contribution < -0.4 is 10.1 Å². The Balaban J connectivity index is 2.12. The van der Waals surface area contributed by atoms with Crippen molar-refractivity contribution in [3.8, 4) is 5.75 Å². The Hall–Kier alpha value is -2.48. The van der Waals surface area contributed by atoms with Gasteiger partial charge in [-0.05, 0) is 13.1 Å². The van der Waals surface area contributed by atoms with E-state index < -0.39 is 4.92 Å². The van der Waals surface area contributed by atoms with Crippen LogP contribution in [0.15, 0.2) is 22.6 Å². The summed E-state index contributed by atoms with van der Waals surface area (Å²) in [5, 5.41) is 21.4. The Morgan fingerprint density at radius 3 is 2.76 bits per heavy atom. The fraction of sp³-hybridized carbons (Fsp3) is 0.385. The lowest BCUT2D eigenvalue weighted by atomic mass is 10.2. The molecule has 0 amide bonds. The van der Waals surface area contributed by atoms with Crippen LogP contribution in [-0.2, 0) is 19.6 Å². The van der Waals surface area contributed by atoms with E-state index in [0.717, 1.165) is 0 Å². The van der Waals surface area contributed by atoms with Crippen LogP contribution in [0.2, 0.25) is 0 Å². The SMILES string of the molecule is CCc1nnc(COc2ccc([N+](=O)[O-])cc2CNC)o1. The summed E-state index contributed by atoms with van der Waals surface area (Å²) in [5.41, 5.74) is 0.723. The van der Waals surface area contributed by atoms with Gasteiger partial charge in [0.15, 0.2) is 6.61 Å². The van der Waals surface area contributed by atoms with Gasteiger partial charge in [0.05, 0.1) is 4.92 Å². The van der Waals surface area contributed by atoms with E-state index in [1.165, 1.54) is 12.1 Å². The second kappa shape index (κ2) is 6.80. The van der Waals surface area contributed by atoms with Gasteiger partial charge >= 0.3 is 0 Å². The quantitative estimate of drug-likeness (QED) is 0.613. The molecule has 0 aliphatic rings. The van der Waals surface area contributed by atoms with Gasteiger partial charge in [-0.1, -0.05) is 6.92 Å². The van der Waals surface area contributed by atoms with E-state index >= 15 is 0 Å². The van der Waals surface area contributed by atoms with Crippen LogP contribution in [0.3, 0.4) is 0 Å². The van der Waals surface area contributed by atoms with Gasteiger partial charge < -0.3 is 14.5 Å². The molecule has 1 aromatic heterocycles. The molecule has 112 valence electrons. The maximum absolute atomic E-state index is 10.8. The maximum atomic E-state index is 10.8. The van der Waals surface area contributed by atoms with Crippen molar-refractivity contribution in [1.82, 2.24) is 15.5 Å². The van der Waals surface area contributed by atoms with Crippen molar-refractivity contribution < 1.29 is 14.1 Å². The molecule has 0 unspecified atom stereocenters. The number of aryl methyl sites for hydroxylation is 1. The van der Waals surface area contributed by atoms with Gasteiger partial charge in [-0.2, -0.15) is 0 Å². The van der Waals surface area contributed by atoms with E-state index in [1.807, 2.05) is 6.92 Å². The number of hydrogen-bond acceptors (Lipinski definition) is 7. The molecule has 8 heteroatoms. The second-order valence-electron chi connectivity index (χ2n) is 4.31. The third-order valence-corrected chi connectivity index (χ3v) is 2.78. The minimum absolute atomic E-state index is 0.0265. The molecule has 0 spiro atoms. The van der Waals surface area contributed by atoms with E-state index in [-0.39, 0.29) is 12.3 Å². The molecule has 0 saturated carbocycles. The molecular formula is C13H16N4O4. The van der Waals surface area contributed by atoms with Crippen LogP contribution in [0.5, 0.6) is 5.75 Å². The number of nitro benzene ring substituents is 1. The third-order valence-electron chi connectivity index (χ3n) is 2.78. The Morgan fingerprint density at radius 2 is 2.14 bits per heavy atom. The first-order chi connectivity index (χ1) is 10.1. The number of hydrogen-bond donors (Lipinski definition) is 1. The number of nitrogens with one attached hydrogen (secondary N) is 1. The molecule has 21 heavy (non-hydrogen) atoms. The van der Waals surface area contributed by atoms with Crippen LogP contribution >= 0.6 is 0 Å². The summed E-state index contributed by atoms with van der Waals surface area (Å²) < 4.78 is 11.0. The van der Waals surface area contributed by atoms with Gasteiger partial charge in [0.1, 0.15) is 5.75 Å². The predicted molar refractivity (Wildman–Crippen MR) is 73.9 cm³/mol. The van der Waals surface area contributed by atoms with Crippen LogP contribution in [0, 0.1) is 10.1 Å². The lowest BCUT2D eigenvalue weighted by Gasteiger charge is -2.09. The molecular weight excluding hydrogens is 276 g/mol. The molecule has 0 saturated heterocycles. The Morgan fingerprint density at radius 1 is 1.38 bits per heavy atom. The number of benzene rings is 1. The predicted octanol–water partition coefficient (Wildman–Crippen LogP) is 1.84. The normalized spacial score (nSPS) is 10.6. The maximum Gasteiger partial charge on any atom is 0.270 e. The minimum Gasteiger partial charge on any atom is -0.483 e. The van der Waals surface area contributed by atoms with E-state index in [4.69, 9.17) is 9.15 Å². The molecule has 0 radical (unpaired) electrons. The number of aromatic nitrogens is 2. The van der Waals surface area contributed by atoms with Crippen molar-refractivity contribution in [2.75, 3.05) is 7.05 Å². The average Bonchev–Trinajstić information content (AvgIpc) is 2.94. The fourth-order valence-electron chi connectivity index (χ4n) is 1.78. The smallest absolute Gasteiger partial charge is 0.270 e. The monoisotopic (exact) mass is 292 g/mol. The first-order valence-corrected chi connectivity index (χ1v) is 6.50. The minimum atomic E-state index is -0.436. The lowest BCUT2D eigenvalue weighted by Crippen LogP contribution is -2.08. The van der Waals surface area contributed by atoms with Crippen molar-refractivity contribution in [2.45, 2.75) is 26.5 Å². The first-order valence-electron chi connectivity index (χ1n) is 6.50. The van der Waals surface area contributed by atoms with Gasteiger partial charge in [0.25, 0.3) is 11.6 Å². The number of ether oxygens (including phenoxy) is 1. The van der Waals surface area contributed by atoms with E-state index in [9.17, 15) is 10.1 Å². The molecule has 1 N–H and O–H groups in total. The van der Waals surface area contributed by atoms with Crippen molar-refractivity contribution in [3.63, 3.8) is 0 Å². The summed E-state index contributed by atoms with van der Waals surface area (Å²) in [6.07, 6.45) is 0.662. The van der Waals surface area contributed by atoms with E-state index in [2.05, 4.69) is 15.5 Å². The largest absolute Gasteiger partial charge is 0.483 e. The topological polar surface area (TPSA) is 103 Å². The lowest BCUT2D eigenvalue weighted by molar-refractivity contribution is -0.384. The van der Waals surface area contributed by atoms with Gasteiger partial charge in [0, 0.05) is 30.7 Å². The van der Waals surface area contributed by atoms with Gasteiger partial charge in [-0.15, -0.1) is 10.2 Å². The van der Waals surface area contributed by atoms with Gasteiger partial charge in [0.2, 0.25) is 5.89 Å². The van der Waals surface area contributed by atoms with Crippen molar-refractivity contribution in [2.24, 2.45) is 0 Å². The molecule has 8 nitrogen and oxygen atoms in total. The summed E-state index contributed by atoms with van der Waals surface area (Å²) in [7, 11) is 1.76. The second-order valence-corrected chi connectivity index (χ2v) is 4.31. The Bertz CT molecular complexity index is 626. The Labute approximate surface area is 121 Å². The van der Waals surface area contributed by atoms with Crippen molar-refractivity contribution >= 4 is 5.69 Å². The summed E-state index contributed by atoms with van der Waals surface area (Å²) >= 11 is 0. The molecule has 0 aliphatic heterocycles. The fourth-order valence-corrected chi connectivity index (χ4v) is 1.78. The zero-order valence-electron chi connectivity index (χ0n) is 11.8. The van der Waals surface area contributed by atoms with Crippen LogP contribution in [-0.4, -0.2) is 22.2 Å². The van der Waals surface area contributed by atoms with Crippen molar-refractivity contribution in [3.05, 3.63) is 45.7 Å². The van der Waals surface area contributed by atoms with Crippen LogP contribution in [0.1, 0.15) is 24.3 Å². The number of non-ortho nitro benzene ring substituents is 1. The van der Waals surface area contributed by atoms with Crippen LogP contribution in [0.4, 0.5) is 5.69 Å². The average molecular weight is 292 g/mol. The number of nitrogens with zero attached hydrogens (tertiary/aromatic N) is 3. The van der Waals surface area contributed by atoms with E-state index in [0.29, 0.717) is 36.1 Å². The zero-order chi connectivity index (χ0) is 15.2. The highest BCUT2D eigenvalue weighted by Gasteiger charge is 2.12.